The van der Waals surface area contributed by atoms with Gasteiger partial charge >= 0.3 is 5.97 Å². The van der Waals surface area contributed by atoms with E-state index in [4.69, 9.17) is 28.6 Å². The molecule has 0 spiro atoms. The molecule has 0 fully saturated rings. The van der Waals surface area contributed by atoms with Crippen molar-refractivity contribution >= 4 is 34.9 Å². The first-order valence-electron chi connectivity index (χ1n) is 7.17. The number of benzene rings is 2. The van der Waals surface area contributed by atoms with Crippen LogP contribution in [0, 0.1) is 5.41 Å². The SMILES string of the molecule is N=C(c1ccc(Cl)cc1)c1c(O)[nH]c(-c2ccc(Cl)cc2)c1C(=O)O. The van der Waals surface area contributed by atoms with E-state index in [1.165, 1.54) is 0 Å². The van der Waals surface area contributed by atoms with Gasteiger partial charge in [0.2, 0.25) is 0 Å². The van der Waals surface area contributed by atoms with Gasteiger partial charge in [-0.25, -0.2) is 4.79 Å². The number of aromatic carboxylic acids is 1. The summed E-state index contributed by atoms with van der Waals surface area (Å²) in [5.74, 6) is -1.64. The highest BCUT2D eigenvalue weighted by molar-refractivity contribution is 6.31. The number of hydrogen-bond acceptors (Lipinski definition) is 3. The molecule has 1 heterocycles. The summed E-state index contributed by atoms with van der Waals surface area (Å²) >= 11 is 11.7. The zero-order chi connectivity index (χ0) is 18.1. The molecule has 7 heteroatoms. The molecule has 0 bridgehead atoms. The molecule has 2 aromatic carbocycles. The lowest BCUT2D eigenvalue weighted by Gasteiger charge is -2.06. The van der Waals surface area contributed by atoms with Crippen LogP contribution in [-0.2, 0) is 0 Å². The minimum absolute atomic E-state index is 0.0835. The number of hydrogen-bond donors (Lipinski definition) is 4. The molecule has 0 aliphatic rings. The smallest absolute Gasteiger partial charge is 0.338 e. The van der Waals surface area contributed by atoms with E-state index in [0.717, 1.165) is 0 Å². The van der Waals surface area contributed by atoms with Crippen molar-refractivity contribution in [3.63, 3.8) is 0 Å². The second-order valence-corrected chi connectivity index (χ2v) is 6.17. The summed E-state index contributed by atoms with van der Waals surface area (Å²) in [5.41, 5.74) is 0.786. The van der Waals surface area contributed by atoms with Crippen LogP contribution in [0.4, 0.5) is 0 Å². The van der Waals surface area contributed by atoms with Crippen molar-refractivity contribution in [3.8, 4) is 17.1 Å². The van der Waals surface area contributed by atoms with Gasteiger partial charge in [0.15, 0.2) is 5.88 Å². The van der Waals surface area contributed by atoms with Gasteiger partial charge in [0, 0.05) is 15.6 Å². The molecule has 0 aliphatic heterocycles. The summed E-state index contributed by atoms with van der Waals surface area (Å²) in [4.78, 5) is 14.5. The maximum atomic E-state index is 11.8. The molecule has 0 aliphatic carbocycles. The lowest BCUT2D eigenvalue weighted by molar-refractivity contribution is 0.0697. The maximum absolute atomic E-state index is 11.8. The van der Waals surface area contributed by atoms with Gasteiger partial charge in [-0.2, -0.15) is 0 Å². The molecule has 25 heavy (non-hydrogen) atoms. The predicted molar refractivity (Wildman–Crippen MR) is 97.2 cm³/mol. The Morgan fingerprint density at radius 1 is 0.920 bits per heavy atom. The zero-order valence-electron chi connectivity index (χ0n) is 12.7. The van der Waals surface area contributed by atoms with Crippen LogP contribution < -0.4 is 0 Å². The van der Waals surface area contributed by atoms with Gasteiger partial charge in [-0.05, 0) is 29.8 Å². The summed E-state index contributed by atoms with van der Waals surface area (Å²) < 4.78 is 0. The highest BCUT2D eigenvalue weighted by Gasteiger charge is 2.27. The van der Waals surface area contributed by atoms with E-state index in [0.29, 0.717) is 21.2 Å². The average molecular weight is 375 g/mol. The summed E-state index contributed by atoms with van der Waals surface area (Å²) in [7, 11) is 0. The molecule has 126 valence electrons. The second-order valence-electron chi connectivity index (χ2n) is 5.29. The van der Waals surface area contributed by atoms with Crippen molar-refractivity contribution in [1.29, 1.82) is 5.41 Å². The van der Waals surface area contributed by atoms with E-state index in [1.54, 1.807) is 48.5 Å². The number of aromatic amines is 1. The second kappa shape index (κ2) is 6.63. The van der Waals surface area contributed by atoms with E-state index in [-0.39, 0.29) is 28.4 Å². The molecule has 0 atom stereocenters. The molecule has 1 aromatic heterocycles. The number of H-pyrrole nitrogens is 1. The van der Waals surface area contributed by atoms with Crippen LogP contribution in [0.15, 0.2) is 48.5 Å². The van der Waals surface area contributed by atoms with Crippen molar-refractivity contribution in [2.45, 2.75) is 0 Å². The first-order valence-corrected chi connectivity index (χ1v) is 7.93. The fourth-order valence-corrected chi connectivity index (χ4v) is 2.79. The number of halogens is 2. The van der Waals surface area contributed by atoms with Gasteiger partial charge in [0.05, 0.1) is 22.5 Å². The minimum Gasteiger partial charge on any atom is -0.494 e. The van der Waals surface area contributed by atoms with E-state index in [2.05, 4.69) is 4.98 Å². The van der Waals surface area contributed by atoms with Crippen molar-refractivity contribution in [2.75, 3.05) is 0 Å². The molecule has 5 nitrogen and oxygen atoms in total. The zero-order valence-corrected chi connectivity index (χ0v) is 14.2. The lowest BCUT2D eigenvalue weighted by Crippen LogP contribution is -2.08. The van der Waals surface area contributed by atoms with Gasteiger partial charge in [-0.15, -0.1) is 0 Å². The van der Waals surface area contributed by atoms with Crippen LogP contribution in [0.1, 0.15) is 21.5 Å². The maximum Gasteiger partial charge on any atom is 0.338 e. The van der Waals surface area contributed by atoms with Gasteiger partial charge in [-0.1, -0.05) is 47.5 Å². The van der Waals surface area contributed by atoms with Crippen molar-refractivity contribution in [3.05, 3.63) is 75.3 Å². The van der Waals surface area contributed by atoms with Crippen LogP contribution in [0.3, 0.4) is 0 Å². The Morgan fingerprint density at radius 2 is 1.44 bits per heavy atom. The first kappa shape index (κ1) is 17.1. The number of nitrogens with one attached hydrogen (secondary N) is 2. The number of carboxylic acid groups (broad SMARTS) is 1. The molecule has 0 amide bonds. The molecule has 3 aromatic rings. The topological polar surface area (TPSA) is 97.2 Å². The Kier molecular flexibility index (Phi) is 4.53. The quantitative estimate of drug-likeness (QED) is 0.493. The van der Waals surface area contributed by atoms with Gasteiger partial charge in [0.1, 0.15) is 0 Å². The molecular formula is C18H12Cl2N2O3. The Bertz CT molecular complexity index is 961. The van der Waals surface area contributed by atoms with Crippen LogP contribution in [0.25, 0.3) is 11.3 Å². The van der Waals surface area contributed by atoms with Crippen molar-refractivity contribution in [2.24, 2.45) is 0 Å². The summed E-state index contributed by atoms with van der Waals surface area (Å²) in [6, 6.07) is 12.9. The van der Waals surface area contributed by atoms with Crippen LogP contribution in [0.5, 0.6) is 5.88 Å². The number of rotatable bonds is 4. The van der Waals surface area contributed by atoms with Crippen LogP contribution in [-0.4, -0.2) is 26.9 Å². The Morgan fingerprint density at radius 3 is 1.96 bits per heavy atom. The minimum atomic E-state index is -1.25. The average Bonchev–Trinajstić information content (AvgIpc) is 2.93. The van der Waals surface area contributed by atoms with E-state index in [9.17, 15) is 15.0 Å². The highest BCUT2D eigenvalue weighted by atomic mass is 35.5. The van der Waals surface area contributed by atoms with E-state index >= 15 is 0 Å². The molecule has 4 N–H and O–H groups in total. The van der Waals surface area contributed by atoms with Crippen molar-refractivity contribution in [1.82, 2.24) is 4.98 Å². The third-order valence-corrected chi connectivity index (χ3v) is 4.21. The number of carbonyl (C=O) groups is 1. The fraction of sp³-hybridized carbons (Fsp3) is 0. The largest absolute Gasteiger partial charge is 0.494 e. The fourth-order valence-electron chi connectivity index (χ4n) is 2.54. The molecule has 0 saturated heterocycles. The van der Waals surface area contributed by atoms with Crippen LogP contribution in [0.2, 0.25) is 10.0 Å². The van der Waals surface area contributed by atoms with Gasteiger partial charge in [-0.3, -0.25) is 5.41 Å². The Labute approximate surface area is 153 Å². The third kappa shape index (κ3) is 3.24. The first-order chi connectivity index (χ1) is 11.9. The summed E-state index contributed by atoms with van der Waals surface area (Å²) in [6.45, 7) is 0. The molecule has 0 unspecified atom stereocenters. The Balaban J connectivity index is 2.17. The standard InChI is InChI=1S/C18H12Cl2N2O3/c19-11-5-1-9(2-6-11)15(21)13-14(18(24)25)16(22-17(13)23)10-3-7-12(20)8-4-10/h1-8,21-23H,(H,24,25). The predicted octanol–water partition coefficient (Wildman–Crippen LogP) is 4.81. The van der Waals surface area contributed by atoms with Crippen molar-refractivity contribution < 1.29 is 15.0 Å². The van der Waals surface area contributed by atoms with Crippen LogP contribution >= 0.6 is 23.2 Å². The third-order valence-electron chi connectivity index (χ3n) is 3.71. The summed E-state index contributed by atoms with van der Waals surface area (Å²) in [6.07, 6.45) is 0. The monoisotopic (exact) mass is 374 g/mol. The van der Waals surface area contributed by atoms with E-state index in [1.807, 2.05) is 0 Å². The van der Waals surface area contributed by atoms with Gasteiger partial charge in [0.25, 0.3) is 0 Å². The number of aromatic hydroxyl groups is 1. The lowest BCUT2D eigenvalue weighted by atomic mass is 9.98. The molecule has 0 radical (unpaired) electrons. The normalized spacial score (nSPS) is 10.6. The van der Waals surface area contributed by atoms with E-state index < -0.39 is 5.97 Å². The molecular weight excluding hydrogens is 363 g/mol. The Hall–Kier alpha value is -2.76. The van der Waals surface area contributed by atoms with Gasteiger partial charge < -0.3 is 15.2 Å². The number of aromatic nitrogens is 1. The molecule has 0 saturated carbocycles. The number of carboxylic acids is 1. The highest BCUT2D eigenvalue weighted by Crippen LogP contribution is 2.34. The summed E-state index contributed by atoms with van der Waals surface area (Å²) in [5, 5.41) is 29.2. The molecule has 3 rings (SSSR count).